The van der Waals surface area contributed by atoms with E-state index in [9.17, 15) is 8.42 Å². The molecule has 1 rings (SSSR count). The van der Waals surface area contributed by atoms with E-state index in [2.05, 4.69) is 15.5 Å². The molecule has 7 heteroatoms. The fourth-order valence-electron chi connectivity index (χ4n) is 1.37. The summed E-state index contributed by atoms with van der Waals surface area (Å²) in [6, 6.07) is 0. The first-order valence-corrected chi connectivity index (χ1v) is 6.55. The number of nitrogens with zero attached hydrogens (tertiary/aromatic N) is 2. The standard InChI is InChI=1S/C9H18N4O2S/c1-8-9(7-11-12-8)16(14,15)13(3)6-4-5-10-2/h7,10H,4-6H2,1-3H3,(H,11,12). The van der Waals surface area contributed by atoms with Gasteiger partial charge in [0.15, 0.2) is 0 Å². The lowest BCUT2D eigenvalue weighted by molar-refractivity contribution is 0.457. The molecule has 0 bridgehead atoms. The molecular weight excluding hydrogens is 228 g/mol. The average Bonchev–Trinajstić information content (AvgIpc) is 2.65. The van der Waals surface area contributed by atoms with Crippen molar-refractivity contribution < 1.29 is 8.42 Å². The minimum atomic E-state index is -3.39. The molecule has 0 unspecified atom stereocenters. The fraction of sp³-hybridized carbons (Fsp3) is 0.667. The summed E-state index contributed by atoms with van der Waals surface area (Å²) in [6.45, 7) is 2.99. The smallest absolute Gasteiger partial charge is 0.246 e. The first kappa shape index (κ1) is 13.1. The molecule has 0 atom stereocenters. The third kappa shape index (κ3) is 2.81. The lowest BCUT2D eigenvalue weighted by atomic mass is 10.4. The highest BCUT2D eigenvalue weighted by molar-refractivity contribution is 7.89. The second-order valence-corrected chi connectivity index (χ2v) is 5.66. The molecule has 0 aliphatic heterocycles. The minimum absolute atomic E-state index is 0.249. The van der Waals surface area contributed by atoms with Crippen LogP contribution in [0.3, 0.4) is 0 Å². The zero-order chi connectivity index (χ0) is 12.2. The van der Waals surface area contributed by atoms with Crippen LogP contribution in [0.1, 0.15) is 12.1 Å². The number of hydrogen-bond acceptors (Lipinski definition) is 4. The van der Waals surface area contributed by atoms with Crippen LogP contribution in [0.15, 0.2) is 11.1 Å². The number of aromatic nitrogens is 2. The molecule has 0 amide bonds. The van der Waals surface area contributed by atoms with Crippen molar-refractivity contribution in [2.24, 2.45) is 0 Å². The van der Waals surface area contributed by atoms with Crippen LogP contribution in [-0.4, -0.2) is 50.1 Å². The quantitative estimate of drug-likeness (QED) is 0.690. The van der Waals surface area contributed by atoms with Crippen molar-refractivity contribution >= 4 is 10.0 Å². The third-order valence-electron chi connectivity index (χ3n) is 2.37. The van der Waals surface area contributed by atoms with E-state index in [4.69, 9.17) is 0 Å². The molecule has 0 spiro atoms. The van der Waals surface area contributed by atoms with E-state index >= 15 is 0 Å². The third-order valence-corrected chi connectivity index (χ3v) is 4.34. The Morgan fingerprint density at radius 3 is 2.75 bits per heavy atom. The Morgan fingerprint density at radius 1 is 1.56 bits per heavy atom. The van der Waals surface area contributed by atoms with Crippen molar-refractivity contribution in [2.45, 2.75) is 18.2 Å². The fourth-order valence-corrected chi connectivity index (χ4v) is 2.69. The molecule has 1 heterocycles. The predicted octanol–water partition coefficient (Wildman–Crippen LogP) is -0.0519. The minimum Gasteiger partial charge on any atom is -0.320 e. The summed E-state index contributed by atoms with van der Waals surface area (Å²) in [5.41, 5.74) is 0.570. The molecule has 0 aromatic carbocycles. The Bertz CT molecular complexity index is 426. The van der Waals surface area contributed by atoms with Crippen molar-refractivity contribution in [1.82, 2.24) is 19.8 Å². The monoisotopic (exact) mass is 246 g/mol. The highest BCUT2D eigenvalue weighted by Crippen LogP contribution is 2.15. The second-order valence-electron chi connectivity index (χ2n) is 3.64. The molecule has 0 saturated carbocycles. The van der Waals surface area contributed by atoms with E-state index in [0.29, 0.717) is 12.2 Å². The zero-order valence-corrected chi connectivity index (χ0v) is 10.6. The Morgan fingerprint density at radius 2 is 2.25 bits per heavy atom. The van der Waals surface area contributed by atoms with Crippen LogP contribution in [0.25, 0.3) is 0 Å². The maximum atomic E-state index is 12.1. The van der Waals surface area contributed by atoms with E-state index in [1.807, 2.05) is 7.05 Å². The van der Waals surface area contributed by atoms with Gasteiger partial charge in [-0.2, -0.15) is 5.10 Å². The zero-order valence-electron chi connectivity index (χ0n) is 9.82. The molecule has 0 radical (unpaired) electrons. The largest absolute Gasteiger partial charge is 0.320 e. The molecule has 1 aromatic heterocycles. The average molecular weight is 246 g/mol. The van der Waals surface area contributed by atoms with Gasteiger partial charge in [0, 0.05) is 13.6 Å². The normalized spacial score (nSPS) is 12.2. The van der Waals surface area contributed by atoms with Crippen molar-refractivity contribution in [1.29, 1.82) is 0 Å². The van der Waals surface area contributed by atoms with Crippen molar-refractivity contribution in [3.05, 3.63) is 11.9 Å². The maximum Gasteiger partial charge on any atom is 0.246 e. The van der Waals surface area contributed by atoms with Gasteiger partial charge in [-0.1, -0.05) is 0 Å². The number of aromatic amines is 1. The molecule has 16 heavy (non-hydrogen) atoms. The lowest BCUT2D eigenvalue weighted by Crippen LogP contribution is -2.29. The van der Waals surface area contributed by atoms with Crippen LogP contribution >= 0.6 is 0 Å². The SMILES string of the molecule is CNCCCN(C)S(=O)(=O)c1cn[nH]c1C. The molecule has 92 valence electrons. The lowest BCUT2D eigenvalue weighted by Gasteiger charge is -2.16. The van der Waals surface area contributed by atoms with E-state index < -0.39 is 10.0 Å². The van der Waals surface area contributed by atoms with Crippen LogP contribution in [-0.2, 0) is 10.0 Å². The summed E-state index contributed by atoms with van der Waals surface area (Å²) < 4.78 is 25.5. The Balaban J connectivity index is 2.75. The Hall–Kier alpha value is -0.920. The van der Waals surface area contributed by atoms with Gasteiger partial charge < -0.3 is 5.32 Å². The summed E-state index contributed by atoms with van der Waals surface area (Å²) in [5.74, 6) is 0. The van der Waals surface area contributed by atoms with Crippen LogP contribution < -0.4 is 5.32 Å². The Kier molecular flexibility index (Phi) is 4.45. The summed E-state index contributed by atoms with van der Waals surface area (Å²) in [5, 5.41) is 9.33. The van der Waals surface area contributed by atoms with E-state index in [-0.39, 0.29) is 4.90 Å². The van der Waals surface area contributed by atoms with Crippen LogP contribution in [0.2, 0.25) is 0 Å². The summed E-state index contributed by atoms with van der Waals surface area (Å²) in [7, 11) is 0.0278. The number of rotatable bonds is 6. The molecule has 1 aromatic rings. The van der Waals surface area contributed by atoms with Gasteiger partial charge >= 0.3 is 0 Å². The summed E-state index contributed by atoms with van der Waals surface area (Å²) >= 11 is 0. The van der Waals surface area contributed by atoms with Crippen molar-refractivity contribution in [2.75, 3.05) is 27.2 Å². The van der Waals surface area contributed by atoms with Gasteiger partial charge in [0.25, 0.3) is 0 Å². The van der Waals surface area contributed by atoms with Gasteiger partial charge in [0.05, 0.1) is 11.9 Å². The van der Waals surface area contributed by atoms with Gasteiger partial charge in [-0.25, -0.2) is 12.7 Å². The van der Waals surface area contributed by atoms with Crippen molar-refractivity contribution in [3.63, 3.8) is 0 Å². The number of aryl methyl sites for hydroxylation is 1. The van der Waals surface area contributed by atoms with Crippen LogP contribution in [0.5, 0.6) is 0 Å². The predicted molar refractivity (Wildman–Crippen MR) is 61.7 cm³/mol. The van der Waals surface area contributed by atoms with Gasteiger partial charge in [-0.05, 0) is 26.9 Å². The van der Waals surface area contributed by atoms with Gasteiger partial charge in [-0.3, -0.25) is 5.10 Å². The molecule has 2 N–H and O–H groups in total. The number of nitrogens with one attached hydrogen (secondary N) is 2. The van der Waals surface area contributed by atoms with Gasteiger partial charge in [0.2, 0.25) is 10.0 Å². The van der Waals surface area contributed by atoms with Crippen molar-refractivity contribution in [3.8, 4) is 0 Å². The molecule has 0 aliphatic rings. The second kappa shape index (κ2) is 5.42. The topological polar surface area (TPSA) is 78.1 Å². The van der Waals surface area contributed by atoms with Gasteiger partial charge in [0.1, 0.15) is 4.90 Å². The number of sulfonamides is 1. The number of H-pyrrole nitrogens is 1. The Labute approximate surface area is 96.1 Å². The highest BCUT2D eigenvalue weighted by atomic mass is 32.2. The number of hydrogen-bond donors (Lipinski definition) is 2. The van der Waals surface area contributed by atoms with Gasteiger partial charge in [-0.15, -0.1) is 0 Å². The first-order chi connectivity index (χ1) is 7.50. The molecular formula is C9H18N4O2S. The van der Waals surface area contributed by atoms with E-state index in [0.717, 1.165) is 13.0 Å². The molecule has 0 aliphatic carbocycles. The molecule has 0 saturated heterocycles. The maximum absolute atomic E-state index is 12.1. The van der Waals surface area contributed by atoms with Crippen LogP contribution in [0.4, 0.5) is 0 Å². The summed E-state index contributed by atoms with van der Waals surface area (Å²) in [4.78, 5) is 0.249. The molecule has 6 nitrogen and oxygen atoms in total. The van der Waals surface area contributed by atoms with Crippen LogP contribution in [0, 0.1) is 6.92 Å². The summed E-state index contributed by atoms with van der Waals surface area (Å²) in [6.07, 6.45) is 2.13. The molecule has 0 fully saturated rings. The first-order valence-electron chi connectivity index (χ1n) is 5.11. The highest BCUT2D eigenvalue weighted by Gasteiger charge is 2.23. The van der Waals surface area contributed by atoms with E-state index in [1.165, 1.54) is 10.5 Å². The van der Waals surface area contributed by atoms with E-state index in [1.54, 1.807) is 14.0 Å².